The van der Waals surface area contributed by atoms with Crippen LogP contribution in [-0.4, -0.2) is 22.5 Å². The molecule has 0 aliphatic heterocycles. The fourth-order valence-electron chi connectivity index (χ4n) is 0.682. The first-order valence-electron chi connectivity index (χ1n) is 3.02. The number of hydrogen-bond acceptors (Lipinski definition) is 4. The molecule has 4 nitrogen and oxygen atoms in total. The number of carbonyl (C=O) groups is 2. The Hall–Kier alpha value is -1.58. The number of aryl methyl sites for hydroxylation is 1. The molecular weight excluding hydrogens is 144 g/mol. The van der Waals surface area contributed by atoms with E-state index < -0.39 is 0 Å². The van der Waals surface area contributed by atoms with Gasteiger partial charge in [-0.15, -0.1) is 0 Å². The quantitative estimate of drug-likeness (QED) is 0.573. The molecule has 0 aromatic carbocycles. The van der Waals surface area contributed by atoms with Crippen LogP contribution in [0.4, 0.5) is 0 Å². The standard InChI is InChI=1S/C7H6N2O2/c1-5-8-2-6(3-10)7(4-11)9-5/h2-4H,1H3. The average molecular weight is 150 g/mol. The zero-order valence-corrected chi connectivity index (χ0v) is 5.94. The fraction of sp³-hybridized carbons (Fsp3) is 0.143. The molecule has 0 aliphatic carbocycles. The second kappa shape index (κ2) is 3.01. The third-order valence-corrected chi connectivity index (χ3v) is 1.21. The Bertz CT molecular complexity index is 296. The maximum Gasteiger partial charge on any atom is 0.169 e. The van der Waals surface area contributed by atoms with Gasteiger partial charge in [0.15, 0.2) is 12.6 Å². The van der Waals surface area contributed by atoms with E-state index in [1.54, 1.807) is 6.92 Å². The number of hydrogen-bond donors (Lipinski definition) is 0. The number of nitrogens with zero attached hydrogens (tertiary/aromatic N) is 2. The molecule has 0 atom stereocenters. The van der Waals surface area contributed by atoms with Crippen LogP contribution in [0, 0.1) is 6.92 Å². The van der Waals surface area contributed by atoms with Gasteiger partial charge in [0.25, 0.3) is 0 Å². The van der Waals surface area contributed by atoms with Gasteiger partial charge in [-0.25, -0.2) is 9.97 Å². The number of aldehydes is 2. The van der Waals surface area contributed by atoms with Crippen LogP contribution in [-0.2, 0) is 0 Å². The summed E-state index contributed by atoms with van der Waals surface area (Å²) < 4.78 is 0. The Morgan fingerprint density at radius 3 is 2.64 bits per heavy atom. The van der Waals surface area contributed by atoms with E-state index in [4.69, 9.17) is 0 Å². The minimum absolute atomic E-state index is 0.146. The minimum Gasteiger partial charge on any atom is -0.298 e. The van der Waals surface area contributed by atoms with Crippen LogP contribution < -0.4 is 0 Å². The van der Waals surface area contributed by atoms with E-state index in [0.717, 1.165) is 0 Å². The van der Waals surface area contributed by atoms with Crippen molar-refractivity contribution in [2.75, 3.05) is 0 Å². The van der Waals surface area contributed by atoms with Crippen LogP contribution in [0.3, 0.4) is 0 Å². The molecule has 0 N–H and O–H groups in total. The van der Waals surface area contributed by atoms with Crippen molar-refractivity contribution >= 4 is 12.6 Å². The summed E-state index contributed by atoms with van der Waals surface area (Å²) in [6.45, 7) is 1.65. The predicted octanol–water partition coefficient (Wildman–Crippen LogP) is 0.410. The van der Waals surface area contributed by atoms with Crippen LogP contribution in [0.15, 0.2) is 6.20 Å². The minimum atomic E-state index is 0.146. The van der Waals surface area contributed by atoms with Gasteiger partial charge in [-0.05, 0) is 6.92 Å². The lowest BCUT2D eigenvalue weighted by Gasteiger charge is -1.94. The fourth-order valence-corrected chi connectivity index (χ4v) is 0.682. The maximum absolute atomic E-state index is 10.3. The molecule has 1 heterocycles. The lowest BCUT2D eigenvalue weighted by molar-refractivity contribution is 0.109. The van der Waals surface area contributed by atoms with Crippen molar-refractivity contribution < 1.29 is 9.59 Å². The molecule has 0 fully saturated rings. The molecule has 4 heteroatoms. The first kappa shape index (κ1) is 7.53. The maximum atomic E-state index is 10.3. The first-order chi connectivity index (χ1) is 5.27. The predicted molar refractivity (Wildman–Crippen MR) is 37.5 cm³/mol. The summed E-state index contributed by atoms with van der Waals surface area (Å²) in [5, 5.41) is 0. The van der Waals surface area contributed by atoms with Crippen molar-refractivity contribution in [1.82, 2.24) is 9.97 Å². The highest BCUT2D eigenvalue weighted by atomic mass is 16.1. The second-order valence-corrected chi connectivity index (χ2v) is 1.99. The molecular formula is C7H6N2O2. The van der Waals surface area contributed by atoms with Gasteiger partial charge >= 0.3 is 0 Å². The summed E-state index contributed by atoms with van der Waals surface area (Å²) in [7, 11) is 0. The molecule has 11 heavy (non-hydrogen) atoms. The molecule has 0 bridgehead atoms. The van der Waals surface area contributed by atoms with E-state index in [0.29, 0.717) is 18.4 Å². The largest absolute Gasteiger partial charge is 0.298 e. The summed E-state index contributed by atoms with van der Waals surface area (Å²) >= 11 is 0. The first-order valence-corrected chi connectivity index (χ1v) is 3.02. The zero-order valence-electron chi connectivity index (χ0n) is 5.94. The van der Waals surface area contributed by atoms with Gasteiger partial charge in [0.2, 0.25) is 0 Å². The van der Waals surface area contributed by atoms with Crippen LogP contribution in [0.25, 0.3) is 0 Å². The topological polar surface area (TPSA) is 59.9 Å². The van der Waals surface area contributed by atoms with Crippen LogP contribution in [0.2, 0.25) is 0 Å². The van der Waals surface area contributed by atoms with Crippen LogP contribution in [0.5, 0.6) is 0 Å². The Labute approximate surface area is 63.3 Å². The van der Waals surface area contributed by atoms with Gasteiger partial charge in [0.1, 0.15) is 11.5 Å². The zero-order chi connectivity index (χ0) is 8.27. The summed E-state index contributed by atoms with van der Waals surface area (Å²) in [5.41, 5.74) is 0.373. The van der Waals surface area contributed by atoms with E-state index in [1.807, 2.05) is 0 Å². The average Bonchev–Trinajstić information content (AvgIpc) is 2.04. The molecule has 0 aliphatic rings. The Morgan fingerprint density at radius 1 is 1.36 bits per heavy atom. The second-order valence-electron chi connectivity index (χ2n) is 1.99. The number of carbonyl (C=O) groups excluding carboxylic acids is 2. The van der Waals surface area contributed by atoms with Crippen molar-refractivity contribution in [1.29, 1.82) is 0 Å². The summed E-state index contributed by atoms with van der Waals surface area (Å²) in [5.74, 6) is 0.484. The Kier molecular flexibility index (Phi) is 2.06. The third kappa shape index (κ3) is 1.46. The van der Waals surface area contributed by atoms with Crippen molar-refractivity contribution in [2.45, 2.75) is 6.92 Å². The summed E-state index contributed by atoms with van der Waals surface area (Å²) in [4.78, 5) is 28.1. The van der Waals surface area contributed by atoms with E-state index in [2.05, 4.69) is 9.97 Å². The Morgan fingerprint density at radius 2 is 2.09 bits per heavy atom. The molecule has 0 unspecified atom stereocenters. The molecule has 0 saturated heterocycles. The van der Waals surface area contributed by atoms with Crippen molar-refractivity contribution in [2.24, 2.45) is 0 Å². The van der Waals surface area contributed by atoms with Crippen LogP contribution in [0.1, 0.15) is 26.7 Å². The molecule has 0 radical (unpaired) electrons. The smallest absolute Gasteiger partial charge is 0.169 e. The molecule has 0 amide bonds. The molecule has 1 aromatic heterocycles. The van der Waals surface area contributed by atoms with E-state index in [1.165, 1.54) is 6.20 Å². The molecule has 0 spiro atoms. The monoisotopic (exact) mass is 150 g/mol. The highest BCUT2D eigenvalue weighted by molar-refractivity contribution is 5.87. The van der Waals surface area contributed by atoms with E-state index >= 15 is 0 Å². The third-order valence-electron chi connectivity index (χ3n) is 1.21. The van der Waals surface area contributed by atoms with Gasteiger partial charge in [-0.3, -0.25) is 9.59 Å². The molecule has 56 valence electrons. The Balaban J connectivity index is 3.26. The molecule has 1 rings (SSSR count). The number of aromatic nitrogens is 2. The summed E-state index contributed by atoms with van der Waals surface area (Å²) in [6.07, 6.45) is 2.43. The van der Waals surface area contributed by atoms with Gasteiger partial charge in [0.05, 0.1) is 5.56 Å². The van der Waals surface area contributed by atoms with Gasteiger partial charge in [-0.1, -0.05) is 0 Å². The normalized spacial score (nSPS) is 9.18. The van der Waals surface area contributed by atoms with Crippen molar-refractivity contribution in [3.8, 4) is 0 Å². The van der Waals surface area contributed by atoms with Crippen molar-refractivity contribution in [3.63, 3.8) is 0 Å². The lowest BCUT2D eigenvalue weighted by atomic mass is 10.2. The summed E-state index contributed by atoms with van der Waals surface area (Å²) in [6, 6.07) is 0. The highest BCUT2D eigenvalue weighted by Crippen LogP contribution is 1.98. The van der Waals surface area contributed by atoms with Crippen molar-refractivity contribution in [3.05, 3.63) is 23.3 Å². The van der Waals surface area contributed by atoms with Gasteiger partial charge < -0.3 is 0 Å². The highest BCUT2D eigenvalue weighted by Gasteiger charge is 2.01. The number of rotatable bonds is 2. The van der Waals surface area contributed by atoms with Crippen LogP contribution >= 0.6 is 0 Å². The van der Waals surface area contributed by atoms with Gasteiger partial charge in [-0.2, -0.15) is 0 Å². The lowest BCUT2D eigenvalue weighted by Crippen LogP contribution is -1.99. The molecule has 1 aromatic rings. The van der Waals surface area contributed by atoms with E-state index in [-0.39, 0.29) is 11.3 Å². The molecule has 0 saturated carbocycles. The van der Waals surface area contributed by atoms with E-state index in [9.17, 15) is 9.59 Å². The van der Waals surface area contributed by atoms with Gasteiger partial charge in [0, 0.05) is 6.20 Å². The SMILES string of the molecule is Cc1ncc(C=O)c(C=O)n1.